The van der Waals surface area contributed by atoms with E-state index in [2.05, 4.69) is 25.4 Å². The fraction of sp³-hybridized carbons (Fsp3) is 0.857. The molecule has 0 saturated heterocycles. The molecule has 1 aliphatic rings. The Morgan fingerprint density at radius 1 is 1.25 bits per heavy atom. The predicted octanol–water partition coefficient (Wildman–Crippen LogP) is 2.16. The maximum Gasteiger partial charge on any atom is 0.404 e. The molecule has 1 rings (SSSR count). The summed E-state index contributed by atoms with van der Waals surface area (Å²) in [5, 5.41) is 17.9. The van der Waals surface area contributed by atoms with E-state index in [1.54, 1.807) is 0 Å². The zero-order valence-electron chi connectivity index (χ0n) is 8.39. The topological polar surface area (TPSA) is 147 Å². The summed E-state index contributed by atoms with van der Waals surface area (Å²) in [6.45, 7) is 0. The molecule has 1 fully saturated rings. The first-order chi connectivity index (χ1) is 7.67. The molecule has 0 aromatic heterocycles. The van der Waals surface area contributed by atoms with Crippen molar-refractivity contribution in [2.75, 3.05) is 0 Å². The number of rotatable bonds is 3. The predicted molar refractivity (Wildman–Crippen MR) is 54.7 cm³/mol. The molecule has 16 heavy (non-hydrogen) atoms. The van der Waals surface area contributed by atoms with Crippen LogP contribution in [0.3, 0.4) is 0 Å². The second-order valence-electron chi connectivity index (χ2n) is 3.50. The summed E-state index contributed by atoms with van der Waals surface area (Å²) in [5.41, 5.74) is 16.7. The van der Waals surface area contributed by atoms with E-state index in [0.717, 1.165) is 0 Å². The Bertz CT molecular complexity index is 358. The average Bonchev–Trinajstić information content (AvgIpc) is 2.21. The van der Waals surface area contributed by atoms with Gasteiger partial charge in [0, 0.05) is 27.9 Å². The zero-order chi connectivity index (χ0) is 12.0. The van der Waals surface area contributed by atoms with Gasteiger partial charge in [-0.3, -0.25) is 0 Å². The van der Waals surface area contributed by atoms with Crippen LogP contribution in [0.4, 0.5) is 4.79 Å². The Hall–Kier alpha value is -2.11. The summed E-state index contributed by atoms with van der Waals surface area (Å²) in [7, 11) is 0. The van der Waals surface area contributed by atoms with Crippen molar-refractivity contribution in [1.29, 1.82) is 0 Å². The van der Waals surface area contributed by atoms with E-state index in [1.165, 1.54) is 0 Å². The van der Waals surface area contributed by atoms with Gasteiger partial charge in [0.15, 0.2) is 0 Å². The van der Waals surface area contributed by atoms with Gasteiger partial charge in [-0.2, -0.15) is 0 Å². The number of nitrogens with one attached hydrogen (secondary N) is 1. The van der Waals surface area contributed by atoms with Gasteiger partial charge < -0.3 is 10.4 Å². The summed E-state index contributed by atoms with van der Waals surface area (Å²) < 4.78 is 0. The highest BCUT2D eigenvalue weighted by molar-refractivity contribution is 5.64. The summed E-state index contributed by atoms with van der Waals surface area (Å²) in [5.74, 6) is 0. The maximum atomic E-state index is 10.4. The molecule has 3 atom stereocenters. The molecule has 0 radical (unpaired) electrons. The van der Waals surface area contributed by atoms with Gasteiger partial charge in [-0.1, -0.05) is 10.2 Å². The van der Waals surface area contributed by atoms with Crippen LogP contribution in [0.15, 0.2) is 10.2 Å². The molecule has 0 aliphatic heterocycles. The number of carbonyl (C=O) groups is 1. The first kappa shape index (κ1) is 12.0. The van der Waals surface area contributed by atoms with Crippen LogP contribution in [-0.4, -0.2) is 29.3 Å². The molecule has 1 amide bonds. The SMILES string of the molecule is [N-]=[N+]=N[C@H]1CCC(NC(=O)O)C[C@H]1N=[N+]=[N-]. The molecule has 2 N–H and O–H groups in total. The van der Waals surface area contributed by atoms with Gasteiger partial charge in [-0.15, -0.1) is 0 Å². The molecule has 1 saturated carbocycles. The van der Waals surface area contributed by atoms with Crippen LogP contribution < -0.4 is 5.32 Å². The van der Waals surface area contributed by atoms with Crippen molar-refractivity contribution < 1.29 is 9.90 Å². The number of azide groups is 2. The van der Waals surface area contributed by atoms with Crippen molar-refractivity contribution in [2.45, 2.75) is 37.4 Å². The van der Waals surface area contributed by atoms with Crippen molar-refractivity contribution in [1.82, 2.24) is 5.32 Å². The molecule has 0 spiro atoms. The molecule has 0 aromatic rings. The molecular formula is C7H11N7O2. The lowest BCUT2D eigenvalue weighted by atomic mass is 9.88. The van der Waals surface area contributed by atoms with Crippen LogP contribution >= 0.6 is 0 Å². The van der Waals surface area contributed by atoms with E-state index in [-0.39, 0.29) is 12.1 Å². The van der Waals surface area contributed by atoms with Crippen LogP contribution in [0.25, 0.3) is 20.9 Å². The van der Waals surface area contributed by atoms with Gasteiger partial charge in [0.2, 0.25) is 0 Å². The van der Waals surface area contributed by atoms with E-state index >= 15 is 0 Å². The van der Waals surface area contributed by atoms with E-state index in [9.17, 15) is 4.79 Å². The van der Waals surface area contributed by atoms with Gasteiger partial charge in [0.1, 0.15) is 0 Å². The minimum atomic E-state index is -1.10. The van der Waals surface area contributed by atoms with Crippen molar-refractivity contribution in [3.8, 4) is 0 Å². The second kappa shape index (κ2) is 5.69. The summed E-state index contributed by atoms with van der Waals surface area (Å²) in [4.78, 5) is 15.8. The Labute approximate surface area is 90.7 Å². The molecular weight excluding hydrogens is 214 g/mol. The first-order valence-electron chi connectivity index (χ1n) is 4.75. The van der Waals surface area contributed by atoms with E-state index in [1.807, 2.05) is 0 Å². The minimum Gasteiger partial charge on any atom is -0.465 e. The highest BCUT2D eigenvalue weighted by Crippen LogP contribution is 2.24. The van der Waals surface area contributed by atoms with E-state index in [0.29, 0.717) is 19.3 Å². The molecule has 1 unspecified atom stereocenters. The smallest absolute Gasteiger partial charge is 0.404 e. The Balaban J connectivity index is 2.67. The van der Waals surface area contributed by atoms with Crippen molar-refractivity contribution >= 4 is 6.09 Å². The first-order valence-corrected chi connectivity index (χ1v) is 4.75. The highest BCUT2D eigenvalue weighted by Gasteiger charge is 2.29. The summed E-state index contributed by atoms with van der Waals surface area (Å²) >= 11 is 0. The molecule has 86 valence electrons. The number of carboxylic acid groups (broad SMARTS) is 1. The lowest BCUT2D eigenvalue weighted by Gasteiger charge is -2.30. The lowest BCUT2D eigenvalue weighted by molar-refractivity contribution is 0.183. The minimum absolute atomic E-state index is 0.252. The second-order valence-corrected chi connectivity index (χ2v) is 3.50. The Morgan fingerprint density at radius 2 is 1.88 bits per heavy atom. The van der Waals surface area contributed by atoms with Gasteiger partial charge in [0.05, 0.1) is 0 Å². The molecule has 1 aliphatic carbocycles. The van der Waals surface area contributed by atoms with Crippen molar-refractivity contribution in [3.05, 3.63) is 20.9 Å². The van der Waals surface area contributed by atoms with Gasteiger partial charge in [-0.05, 0) is 30.3 Å². The van der Waals surface area contributed by atoms with Crippen molar-refractivity contribution in [3.63, 3.8) is 0 Å². The van der Waals surface area contributed by atoms with Gasteiger partial charge >= 0.3 is 6.09 Å². The van der Waals surface area contributed by atoms with Crippen LogP contribution in [0.5, 0.6) is 0 Å². The third-order valence-electron chi connectivity index (χ3n) is 2.51. The summed E-state index contributed by atoms with van der Waals surface area (Å²) in [6, 6.07) is -1.11. The fourth-order valence-electron chi connectivity index (χ4n) is 1.83. The number of hydrogen-bond donors (Lipinski definition) is 2. The molecule has 0 heterocycles. The third-order valence-corrected chi connectivity index (χ3v) is 2.51. The standard InChI is InChI=1S/C7H11N7O2/c8-13-11-5-2-1-4(10-7(15)16)3-6(5)12-14-9/h4-6,10H,1-3H2,(H,15,16)/t4?,5-,6+/m0/s1. The number of hydrogen-bond acceptors (Lipinski definition) is 3. The van der Waals surface area contributed by atoms with Gasteiger partial charge in [-0.25, -0.2) is 4.79 Å². The average molecular weight is 225 g/mol. The number of amides is 1. The van der Waals surface area contributed by atoms with E-state index < -0.39 is 12.1 Å². The third kappa shape index (κ3) is 3.23. The number of nitrogens with zero attached hydrogens (tertiary/aromatic N) is 6. The molecule has 9 heteroatoms. The Morgan fingerprint density at radius 3 is 2.44 bits per heavy atom. The van der Waals surface area contributed by atoms with Crippen LogP contribution in [0.1, 0.15) is 19.3 Å². The molecule has 9 nitrogen and oxygen atoms in total. The van der Waals surface area contributed by atoms with Crippen molar-refractivity contribution in [2.24, 2.45) is 10.2 Å². The highest BCUT2D eigenvalue weighted by atomic mass is 16.4. The monoisotopic (exact) mass is 225 g/mol. The van der Waals surface area contributed by atoms with Crippen LogP contribution in [0, 0.1) is 0 Å². The maximum absolute atomic E-state index is 10.4. The quantitative estimate of drug-likeness (QED) is 0.430. The largest absolute Gasteiger partial charge is 0.465 e. The van der Waals surface area contributed by atoms with Gasteiger partial charge in [0.25, 0.3) is 0 Å². The normalized spacial score (nSPS) is 28.4. The lowest BCUT2D eigenvalue weighted by Crippen LogP contribution is -2.43. The molecule has 0 aromatic carbocycles. The fourth-order valence-corrected chi connectivity index (χ4v) is 1.83. The zero-order valence-corrected chi connectivity index (χ0v) is 8.39. The molecule has 0 bridgehead atoms. The summed E-state index contributed by atoms with van der Waals surface area (Å²) in [6.07, 6.45) is 0.346. The van der Waals surface area contributed by atoms with Crippen LogP contribution in [-0.2, 0) is 0 Å². The van der Waals surface area contributed by atoms with E-state index in [4.69, 9.17) is 16.2 Å². The Kier molecular flexibility index (Phi) is 4.26. The van der Waals surface area contributed by atoms with Crippen LogP contribution in [0.2, 0.25) is 0 Å².